The lowest BCUT2D eigenvalue weighted by Crippen LogP contribution is -2.43. The van der Waals surface area contributed by atoms with E-state index in [-0.39, 0.29) is 5.41 Å². The maximum Gasteiger partial charge on any atom is 0.139 e. The summed E-state index contributed by atoms with van der Waals surface area (Å²) in [7, 11) is 0. The Balaban J connectivity index is 1.84. The third-order valence-corrected chi connectivity index (χ3v) is 6.56. The topological polar surface area (TPSA) is 17.1 Å². The second kappa shape index (κ2) is 4.56. The smallest absolute Gasteiger partial charge is 0.139 e. The highest BCUT2D eigenvalue weighted by Crippen LogP contribution is 2.61. The van der Waals surface area contributed by atoms with Crippen LogP contribution in [0, 0.1) is 17.3 Å². The third kappa shape index (κ3) is 1.73. The normalized spacial score (nSPS) is 39.8. The molecule has 3 aliphatic rings. The molecule has 2 fully saturated rings. The van der Waals surface area contributed by atoms with Crippen molar-refractivity contribution in [3.8, 4) is 0 Å². The predicted molar refractivity (Wildman–Crippen MR) is 85.2 cm³/mol. The Hall–Kier alpha value is -1.37. The molecule has 4 atom stereocenters. The lowest BCUT2D eigenvalue weighted by atomic mass is 9.54. The summed E-state index contributed by atoms with van der Waals surface area (Å²) >= 11 is 0. The minimum atomic E-state index is -0.0741. The van der Waals surface area contributed by atoms with Crippen LogP contribution in [0.1, 0.15) is 56.6 Å². The molecule has 1 aromatic rings. The quantitative estimate of drug-likeness (QED) is 0.631. The van der Waals surface area contributed by atoms with Gasteiger partial charge in [-0.25, -0.2) is 0 Å². The fourth-order valence-corrected chi connectivity index (χ4v) is 5.52. The average Bonchev–Trinajstić information content (AvgIpc) is 2.81. The van der Waals surface area contributed by atoms with Crippen LogP contribution in [0.2, 0.25) is 0 Å². The van der Waals surface area contributed by atoms with E-state index in [9.17, 15) is 4.79 Å². The van der Waals surface area contributed by atoms with Crippen molar-refractivity contribution in [2.45, 2.75) is 51.9 Å². The van der Waals surface area contributed by atoms with Crippen molar-refractivity contribution in [3.05, 3.63) is 47.0 Å². The molecule has 3 aliphatic carbocycles. The monoisotopic (exact) mass is 280 g/mol. The van der Waals surface area contributed by atoms with E-state index >= 15 is 0 Å². The van der Waals surface area contributed by atoms with Crippen molar-refractivity contribution >= 4 is 5.78 Å². The molecule has 110 valence electrons. The molecule has 1 heteroatoms. The summed E-state index contributed by atoms with van der Waals surface area (Å²) in [5.74, 6) is 2.37. The number of allylic oxidation sites excluding steroid dienone is 2. The zero-order valence-electron chi connectivity index (χ0n) is 13.1. The SMILES string of the molecule is C/C=C1\CC2(C)C(=O)CCC2C2CCc3ccccc3C12. The summed E-state index contributed by atoms with van der Waals surface area (Å²) in [6.45, 7) is 4.40. The Bertz CT molecular complexity index is 626. The molecule has 1 nitrogen and oxygen atoms in total. The Labute approximate surface area is 127 Å². The predicted octanol–water partition coefficient (Wildman–Crippen LogP) is 4.67. The van der Waals surface area contributed by atoms with Crippen LogP contribution in [0.5, 0.6) is 0 Å². The number of fused-ring (bicyclic) bond motifs is 5. The van der Waals surface area contributed by atoms with Crippen LogP contribution in [0.3, 0.4) is 0 Å². The number of benzene rings is 1. The van der Waals surface area contributed by atoms with E-state index in [0.29, 0.717) is 23.5 Å². The molecule has 0 radical (unpaired) electrons. The van der Waals surface area contributed by atoms with E-state index in [1.165, 1.54) is 24.0 Å². The van der Waals surface area contributed by atoms with E-state index in [0.717, 1.165) is 19.3 Å². The van der Waals surface area contributed by atoms with E-state index in [1.807, 2.05) is 0 Å². The zero-order valence-corrected chi connectivity index (χ0v) is 13.1. The Kier molecular flexibility index (Phi) is 2.89. The molecular formula is C20H24O. The first-order valence-electron chi connectivity index (χ1n) is 8.41. The van der Waals surface area contributed by atoms with E-state index < -0.39 is 0 Å². The fourth-order valence-electron chi connectivity index (χ4n) is 5.52. The Morgan fingerprint density at radius 1 is 1.19 bits per heavy atom. The van der Waals surface area contributed by atoms with E-state index in [1.54, 1.807) is 5.56 Å². The summed E-state index contributed by atoms with van der Waals surface area (Å²) in [5, 5.41) is 0. The maximum atomic E-state index is 12.5. The molecule has 4 rings (SSSR count). The van der Waals surface area contributed by atoms with Gasteiger partial charge in [0.15, 0.2) is 0 Å². The highest BCUT2D eigenvalue weighted by atomic mass is 16.1. The van der Waals surface area contributed by atoms with Crippen LogP contribution >= 0.6 is 0 Å². The molecule has 0 spiro atoms. The molecule has 0 aromatic heterocycles. The number of ketones is 1. The summed E-state index contributed by atoms with van der Waals surface area (Å²) in [6.07, 6.45) is 7.66. The van der Waals surface area contributed by atoms with Crippen LogP contribution in [0.4, 0.5) is 0 Å². The van der Waals surface area contributed by atoms with E-state index in [2.05, 4.69) is 44.2 Å². The van der Waals surface area contributed by atoms with Gasteiger partial charge >= 0.3 is 0 Å². The van der Waals surface area contributed by atoms with Gasteiger partial charge in [-0.2, -0.15) is 0 Å². The number of carbonyl (C=O) groups is 1. The van der Waals surface area contributed by atoms with E-state index in [4.69, 9.17) is 0 Å². The van der Waals surface area contributed by atoms with Crippen molar-refractivity contribution in [3.63, 3.8) is 0 Å². The van der Waals surface area contributed by atoms with Crippen LogP contribution in [0.25, 0.3) is 0 Å². The van der Waals surface area contributed by atoms with Gasteiger partial charge in [0.05, 0.1) is 0 Å². The first-order chi connectivity index (χ1) is 10.1. The molecule has 2 saturated carbocycles. The van der Waals surface area contributed by atoms with Crippen LogP contribution in [-0.4, -0.2) is 5.78 Å². The van der Waals surface area contributed by atoms with Gasteiger partial charge in [0.2, 0.25) is 0 Å². The molecule has 0 N–H and O–H groups in total. The number of rotatable bonds is 0. The van der Waals surface area contributed by atoms with Crippen molar-refractivity contribution in [2.24, 2.45) is 17.3 Å². The van der Waals surface area contributed by atoms with Gasteiger partial charge < -0.3 is 0 Å². The van der Waals surface area contributed by atoms with Gasteiger partial charge in [0.1, 0.15) is 5.78 Å². The molecule has 0 saturated heterocycles. The van der Waals surface area contributed by atoms with Gasteiger partial charge in [-0.05, 0) is 55.6 Å². The molecule has 1 aromatic carbocycles. The second-order valence-electron chi connectivity index (χ2n) is 7.41. The third-order valence-electron chi connectivity index (χ3n) is 6.56. The maximum absolute atomic E-state index is 12.5. The number of carbonyl (C=O) groups excluding carboxylic acids is 1. The van der Waals surface area contributed by atoms with Gasteiger partial charge in [-0.3, -0.25) is 4.79 Å². The molecule has 0 amide bonds. The number of Topliss-reactive ketones (excluding diaryl/α,β-unsaturated/α-hetero) is 1. The summed E-state index contributed by atoms with van der Waals surface area (Å²) in [6, 6.07) is 8.98. The standard InChI is InChI=1S/C20H24O/c1-3-13-12-20(2)17(10-11-18(20)21)16-9-8-14-6-4-5-7-15(14)19(13)16/h3-7,16-17,19H,8-12H2,1-2H3/b13-3+. The Morgan fingerprint density at radius 2 is 2.00 bits per heavy atom. The lowest BCUT2D eigenvalue weighted by molar-refractivity contribution is -0.128. The number of aryl methyl sites for hydroxylation is 1. The first kappa shape index (κ1) is 13.3. The van der Waals surface area contributed by atoms with Crippen LogP contribution < -0.4 is 0 Å². The van der Waals surface area contributed by atoms with Gasteiger partial charge in [-0.15, -0.1) is 0 Å². The fraction of sp³-hybridized carbons (Fsp3) is 0.550. The minimum Gasteiger partial charge on any atom is -0.299 e. The van der Waals surface area contributed by atoms with Crippen molar-refractivity contribution in [1.29, 1.82) is 0 Å². The molecular weight excluding hydrogens is 256 g/mol. The van der Waals surface area contributed by atoms with Gasteiger partial charge in [0, 0.05) is 17.8 Å². The van der Waals surface area contributed by atoms with Crippen molar-refractivity contribution in [1.82, 2.24) is 0 Å². The highest BCUT2D eigenvalue weighted by molar-refractivity contribution is 5.87. The zero-order chi connectivity index (χ0) is 14.6. The lowest BCUT2D eigenvalue weighted by Gasteiger charge is -2.49. The molecule has 4 unspecified atom stereocenters. The van der Waals surface area contributed by atoms with Crippen LogP contribution in [0.15, 0.2) is 35.9 Å². The van der Waals surface area contributed by atoms with Crippen molar-refractivity contribution in [2.75, 3.05) is 0 Å². The highest BCUT2D eigenvalue weighted by Gasteiger charge is 2.55. The number of hydrogen-bond acceptors (Lipinski definition) is 1. The molecule has 0 heterocycles. The summed E-state index contributed by atoms with van der Waals surface area (Å²) in [5.41, 5.74) is 4.52. The molecule has 0 bridgehead atoms. The molecule has 21 heavy (non-hydrogen) atoms. The summed E-state index contributed by atoms with van der Waals surface area (Å²) < 4.78 is 0. The average molecular weight is 280 g/mol. The largest absolute Gasteiger partial charge is 0.299 e. The van der Waals surface area contributed by atoms with Gasteiger partial charge in [-0.1, -0.05) is 42.8 Å². The molecule has 0 aliphatic heterocycles. The number of hydrogen-bond donors (Lipinski definition) is 0. The first-order valence-corrected chi connectivity index (χ1v) is 8.41. The summed E-state index contributed by atoms with van der Waals surface area (Å²) in [4.78, 5) is 12.5. The van der Waals surface area contributed by atoms with Gasteiger partial charge in [0.25, 0.3) is 0 Å². The second-order valence-corrected chi connectivity index (χ2v) is 7.41. The van der Waals surface area contributed by atoms with Crippen molar-refractivity contribution < 1.29 is 4.79 Å². The Morgan fingerprint density at radius 3 is 2.81 bits per heavy atom. The van der Waals surface area contributed by atoms with Crippen LogP contribution in [-0.2, 0) is 11.2 Å². The minimum absolute atomic E-state index is 0.0741.